The molecule has 0 radical (unpaired) electrons. The standard InChI is InChI=1S/C18H20BClO3/c1-17(2,21)18(3,4)23-19-12-8-5-7-11-15-13(20)9-6-10-14(15)22-16(11)12/h5-10,19,21H,1-4H3. The van der Waals surface area contributed by atoms with Gasteiger partial charge >= 0.3 is 7.48 Å². The summed E-state index contributed by atoms with van der Waals surface area (Å²) in [6.45, 7) is 7.24. The van der Waals surface area contributed by atoms with Crippen molar-refractivity contribution in [3.05, 3.63) is 41.4 Å². The van der Waals surface area contributed by atoms with E-state index in [1.165, 1.54) is 0 Å². The predicted molar refractivity (Wildman–Crippen MR) is 97.0 cm³/mol. The van der Waals surface area contributed by atoms with Gasteiger partial charge in [-0.2, -0.15) is 0 Å². The lowest BCUT2D eigenvalue weighted by Gasteiger charge is -2.37. The summed E-state index contributed by atoms with van der Waals surface area (Å²) in [5.74, 6) is 0. The molecule has 0 spiro atoms. The Kier molecular flexibility index (Phi) is 3.95. The minimum absolute atomic E-state index is 0.353. The van der Waals surface area contributed by atoms with Gasteiger partial charge in [-0.25, -0.2) is 0 Å². The molecule has 0 aliphatic heterocycles. The van der Waals surface area contributed by atoms with Gasteiger partial charge in [0.25, 0.3) is 0 Å². The largest absolute Gasteiger partial charge is 0.456 e. The van der Waals surface area contributed by atoms with Crippen LogP contribution in [0, 0.1) is 0 Å². The van der Waals surface area contributed by atoms with Crippen LogP contribution in [0.2, 0.25) is 5.02 Å². The van der Waals surface area contributed by atoms with Crippen molar-refractivity contribution < 1.29 is 14.2 Å². The molecule has 0 bridgehead atoms. The highest BCUT2D eigenvalue weighted by Gasteiger charge is 2.35. The second kappa shape index (κ2) is 5.55. The number of aliphatic hydroxyl groups is 1. The Morgan fingerprint density at radius 3 is 2.48 bits per heavy atom. The van der Waals surface area contributed by atoms with Crippen LogP contribution in [0.1, 0.15) is 27.7 Å². The van der Waals surface area contributed by atoms with Crippen molar-refractivity contribution in [2.75, 3.05) is 0 Å². The van der Waals surface area contributed by atoms with Crippen molar-refractivity contribution >= 4 is 46.5 Å². The molecule has 0 fully saturated rings. The van der Waals surface area contributed by atoms with E-state index >= 15 is 0 Å². The quantitative estimate of drug-likeness (QED) is 0.740. The van der Waals surface area contributed by atoms with Crippen LogP contribution in [0.3, 0.4) is 0 Å². The van der Waals surface area contributed by atoms with Gasteiger partial charge in [0.2, 0.25) is 0 Å². The van der Waals surface area contributed by atoms with Gasteiger partial charge in [0.1, 0.15) is 11.2 Å². The molecule has 3 rings (SSSR count). The van der Waals surface area contributed by atoms with Crippen LogP contribution in [-0.2, 0) is 4.65 Å². The van der Waals surface area contributed by atoms with Crippen LogP contribution >= 0.6 is 11.6 Å². The van der Waals surface area contributed by atoms with E-state index in [0.717, 1.165) is 27.4 Å². The molecule has 0 aliphatic rings. The first-order chi connectivity index (χ1) is 10.7. The van der Waals surface area contributed by atoms with Gasteiger partial charge in [0, 0.05) is 10.8 Å². The maximum Gasteiger partial charge on any atom is 0.313 e. The second-order valence-electron chi connectivity index (χ2n) is 6.87. The monoisotopic (exact) mass is 330 g/mol. The Labute approximate surface area is 141 Å². The Bertz CT molecular complexity index is 862. The summed E-state index contributed by atoms with van der Waals surface area (Å²) >= 11 is 6.31. The number of benzene rings is 2. The first-order valence-corrected chi connectivity index (χ1v) is 8.03. The number of hydrogen-bond acceptors (Lipinski definition) is 3. The van der Waals surface area contributed by atoms with Crippen molar-refractivity contribution in [2.45, 2.75) is 38.9 Å². The van der Waals surface area contributed by atoms with Gasteiger partial charge in [-0.15, -0.1) is 0 Å². The van der Waals surface area contributed by atoms with Crippen LogP contribution < -0.4 is 5.46 Å². The van der Waals surface area contributed by atoms with Gasteiger partial charge in [-0.3, -0.25) is 0 Å². The van der Waals surface area contributed by atoms with Crippen molar-refractivity contribution in [3.8, 4) is 0 Å². The zero-order valence-corrected chi connectivity index (χ0v) is 14.6. The number of halogens is 1. The van der Waals surface area contributed by atoms with Gasteiger partial charge in [-0.1, -0.05) is 35.9 Å². The van der Waals surface area contributed by atoms with E-state index in [2.05, 4.69) is 0 Å². The molecule has 23 heavy (non-hydrogen) atoms. The third kappa shape index (κ3) is 2.87. The van der Waals surface area contributed by atoms with E-state index in [-0.39, 0.29) is 0 Å². The molecule has 0 saturated carbocycles. The summed E-state index contributed by atoms with van der Waals surface area (Å²) in [5, 5.41) is 12.8. The van der Waals surface area contributed by atoms with Crippen LogP contribution in [0.4, 0.5) is 0 Å². The van der Waals surface area contributed by atoms with E-state index < -0.39 is 11.2 Å². The SMILES string of the molecule is CC(C)(O)C(C)(C)OBc1cccc2c1oc1cccc(Cl)c12. The fraction of sp³-hybridized carbons (Fsp3) is 0.333. The number of rotatable bonds is 4. The first-order valence-electron chi connectivity index (χ1n) is 7.66. The summed E-state index contributed by atoms with van der Waals surface area (Å²) in [7, 11) is 0.353. The van der Waals surface area contributed by atoms with E-state index in [1.54, 1.807) is 13.8 Å². The molecule has 0 unspecified atom stereocenters. The van der Waals surface area contributed by atoms with Crippen molar-refractivity contribution in [1.29, 1.82) is 0 Å². The van der Waals surface area contributed by atoms with Crippen LogP contribution in [-0.4, -0.2) is 23.8 Å². The number of para-hydroxylation sites is 1. The van der Waals surface area contributed by atoms with Crippen molar-refractivity contribution in [2.24, 2.45) is 0 Å². The van der Waals surface area contributed by atoms with Gasteiger partial charge in [0.15, 0.2) is 0 Å². The van der Waals surface area contributed by atoms with E-state index in [9.17, 15) is 5.11 Å². The molecule has 2 aromatic carbocycles. The molecular weight excluding hydrogens is 310 g/mol. The summed E-state index contributed by atoms with van der Waals surface area (Å²) in [6, 6.07) is 11.6. The van der Waals surface area contributed by atoms with Gasteiger partial charge < -0.3 is 14.2 Å². The zero-order chi connectivity index (χ0) is 16.8. The maximum atomic E-state index is 10.2. The highest BCUT2D eigenvalue weighted by atomic mass is 35.5. The van der Waals surface area contributed by atoms with E-state index in [1.807, 2.05) is 50.2 Å². The molecule has 1 heterocycles. The van der Waals surface area contributed by atoms with Gasteiger partial charge in [-0.05, 0) is 45.3 Å². The number of hydrogen-bond donors (Lipinski definition) is 1. The molecule has 120 valence electrons. The molecule has 3 nitrogen and oxygen atoms in total. The molecule has 0 saturated heterocycles. The molecule has 1 N–H and O–H groups in total. The lowest BCUT2D eigenvalue weighted by atomic mass is 9.82. The fourth-order valence-electron chi connectivity index (χ4n) is 2.41. The van der Waals surface area contributed by atoms with Crippen molar-refractivity contribution in [1.82, 2.24) is 0 Å². The van der Waals surface area contributed by atoms with E-state index in [4.69, 9.17) is 20.7 Å². The Hall–Kier alpha value is -1.49. The third-order valence-corrected chi connectivity index (χ3v) is 4.93. The highest BCUT2D eigenvalue weighted by molar-refractivity contribution is 6.51. The minimum atomic E-state index is -0.946. The number of fused-ring (bicyclic) bond motifs is 3. The molecule has 0 amide bonds. The molecule has 1 aromatic heterocycles. The van der Waals surface area contributed by atoms with Crippen LogP contribution in [0.5, 0.6) is 0 Å². The summed E-state index contributed by atoms with van der Waals surface area (Å²) in [6.07, 6.45) is 0. The first kappa shape index (κ1) is 16.4. The normalized spacial score (nSPS) is 13.0. The fourth-order valence-corrected chi connectivity index (χ4v) is 2.68. The van der Waals surface area contributed by atoms with Crippen LogP contribution in [0.15, 0.2) is 40.8 Å². The predicted octanol–water partition coefficient (Wildman–Crippen LogP) is 3.78. The minimum Gasteiger partial charge on any atom is -0.456 e. The van der Waals surface area contributed by atoms with Gasteiger partial charge in [0.05, 0.1) is 16.2 Å². The Morgan fingerprint density at radius 2 is 1.78 bits per heavy atom. The van der Waals surface area contributed by atoms with E-state index in [0.29, 0.717) is 12.5 Å². The smallest absolute Gasteiger partial charge is 0.313 e. The average Bonchev–Trinajstić information content (AvgIpc) is 2.84. The second-order valence-corrected chi connectivity index (χ2v) is 7.27. The topological polar surface area (TPSA) is 42.6 Å². The summed E-state index contributed by atoms with van der Waals surface area (Å²) < 4.78 is 12.0. The lowest BCUT2D eigenvalue weighted by Crippen LogP contribution is -2.49. The summed E-state index contributed by atoms with van der Waals surface area (Å²) in [5.41, 5.74) is 0.854. The molecule has 3 aromatic rings. The number of furan rings is 1. The molecule has 5 heteroatoms. The third-order valence-electron chi connectivity index (χ3n) is 4.62. The highest BCUT2D eigenvalue weighted by Crippen LogP contribution is 2.33. The van der Waals surface area contributed by atoms with Crippen molar-refractivity contribution in [3.63, 3.8) is 0 Å². The zero-order valence-electron chi connectivity index (χ0n) is 13.8. The Morgan fingerprint density at radius 1 is 1.09 bits per heavy atom. The maximum absolute atomic E-state index is 10.2. The average molecular weight is 331 g/mol. The molecular formula is C18H20BClO3. The lowest BCUT2D eigenvalue weighted by molar-refractivity contribution is -0.0893. The molecule has 0 aliphatic carbocycles. The van der Waals surface area contributed by atoms with Crippen LogP contribution in [0.25, 0.3) is 21.9 Å². The summed E-state index contributed by atoms with van der Waals surface area (Å²) in [4.78, 5) is 0. The Balaban J connectivity index is 2.03. The molecule has 0 atom stereocenters.